The number of benzene rings is 1. The highest BCUT2D eigenvalue weighted by atomic mass is 32.2. The SMILES string of the molecule is Cc1c(C(=O)N2CCOCC2)cc(N(COC(=O)C(C)(C)C)S(=O)(=O)C(F)(F)F)c(C)c1C. The molecule has 33 heavy (non-hydrogen) atoms. The molecule has 0 spiro atoms. The van der Waals surface area contributed by atoms with E-state index in [4.69, 9.17) is 9.47 Å². The van der Waals surface area contributed by atoms with E-state index in [1.54, 1.807) is 13.8 Å². The van der Waals surface area contributed by atoms with Crippen molar-refractivity contribution in [2.45, 2.75) is 47.1 Å². The molecule has 0 atom stereocenters. The minimum atomic E-state index is -5.94. The molecule has 2 rings (SSSR count). The Balaban J connectivity index is 2.63. The highest BCUT2D eigenvalue weighted by Gasteiger charge is 2.51. The summed E-state index contributed by atoms with van der Waals surface area (Å²) < 4.78 is 75.6. The van der Waals surface area contributed by atoms with Crippen LogP contribution >= 0.6 is 0 Å². The summed E-state index contributed by atoms with van der Waals surface area (Å²) in [5, 5.41) is 0. The fourth-order valence-electron chi connectivity index (χ4n) is 3.17. The summed E-state index contributed by atoms with van der Waals surface area (Å²) in [7, 11) is -5.94. The van der Waals surface area contributed by atoms with Gasteiger partial charge >= 0.3 is 21.5 Å². The molecular formula is C21H29F3N2O6S. The van der Waals surface area contributed by atoms with Crippen molar-refractivity contribution in [2.24, 2.45) is 5.41 Å². The minimum Gasteiger partial charge on any atom is -0.443 e. The molecule has 0 bridgehead atoms. The van der Waals surface area contributed by atoms with E-state index in [2.05, 4.69) is 0 Å². The number of amides is 1. The molecular weight excluding hydrogens is 465 g/mol. The van der Waals surface area contributed by atoms with Crippen LogP contribution in [0.15, 0.2) is 6.07 Å². The van der Waals surface area contributed by atoms with Crippen molar-refractivity contribution in [2.75, 3.05) is 37.3 Å². The highest BCUT2D eigenvalue weighted by molar-refractivity contribution is 7.93. The van der Waals surface area contributed by atoms with Gasteiger partial charge in [-0.25, -0.2) is 4.31 Å². The second kappa shape index (κ2) is 9.49. The summed E-state index contributed by atoms with van der Waals surface area (Å²) in [6, 6.07) is 1.11. The third kappa shape index (κ3) is 5.60. The minimum absolute atomic E-state index is 0.00545. The van der Waals surface area contributed by atoms with Crippen molar-refractivity contribution in [3.8, 4) is 0 Å². The molecule has 8 nitrogen and oxygen atoms in total. The number of carbonyl (C=O) groups excluding carboxylic acids is 2. The van der Waals surface area contributed by atoms with Gasteiger partial charge in [0.1, 0.15) is 0 Å². The number of sulfonamides is 1. The molecule has 0 aliphatic carbocycles. The van der Waals surface area contributed by atoms with Crippen LogP contribution in [0.5, 0.6) is 0 Å². The molecule has 1 aliphatic heterocycles. The zero-order chi connectivity index (χ0) is 25.4. The summed E-state index contributed by atoms with van der Waals surface area (Å²) in [5.41, 5.74) is -5.85. The summed E-state index contributed by atoms with van der Waals surface area (Å²) in [4.78, 5) is 26.8. The molecule has 1 saturated heterocycles. The molecule has 0 unspecified atom stereocenters. The first-order valence-electron chi connectivity index (χ1n) is 10.2. The van der Waals surface area contributed by atoms with E-state index in [-0.39, 0.29) is 21.1 Å². The van der Waals surface area contributed by atoms with Gasteiger partial charge in [-0.05, 0) is 64.3 Å². The average molecular weight is 495 g/mol. The molecule has 1 fully saturated rings. The Morgan fingerprint density at radius 2 is 1.61 bits per heavy atom. The molecule has 1 aromatic rings. The van der Waals surface area contributed by atoms with Gasteiger partial charge in [0.15, 0.2) is 6.73 Å². The first-order valence-corrected chi connectivity index (χ1v) is 11.7. The first kappa shape index (κ1) is 26.9. The zero-order valence-electron chi connectivity index (χ0n) is 19.5. The number of hydrogen-bond acceptors (Lipinski definition) is 6. The van der Waals surface area contributed by atoms with Crippen LogP contribution in [0, 0.1) is 26.2 Å². The van der Waals surface area contributed by atoms with Gasteiger partial charge < -0.3 is 14.4 Å². The molecule has 0 saturated carbocycles. The number of carbonyl (C=O) groups is 2. The fourth-order valence-corrected chi connectivity index (χ4v) is 4.06. The molecule has 1 heterocycles. The van der Waals surface area contributed by atoms with Crippen LogP contribution in [0.25, 0.3) is 0 Å². The van der Waals surface area contributed by atoms with Crippen molar-refractivity contribution >= 4 is 27.6 Å². The number of esters is 1. The number of anilines is 1. The van der Waals surface area contributed by atoms with Crippen molar-refractivity contribution in [3.63, 3.8) is 0 Å². The molecule has 186 valence electrons. The van der Waals surface area contributed by atoms with Crippen molar-refractivity contribution in [1.29, 1.82) is 0 Å². The molecule has 1 amide bonds. The van der Waals surface area contributed by atoms with E-state index in [0.29, 0.717) is 37.4 Å². The Bertz CT molecular complexity index is 1030. The number of halogens is 3. The first-order chi connectivity index (χ1) is 15.0. The van der Waals surface area contributed by atoms with E-state index in [0.717, 1.165) is 6.07 Å². The fraction of sp³-hybridized carbons (Fsp3) is 0.619. The highest BCUT2D eigenvalue weighted by Crippen LogP contribution is 2.36. The van der Waals surface area contributed by atoms with Crippen LogP contribution in [0.4, 0.5) is 18.9 Å². The Labute approximate surface area is 191 Å². The predicted octanol–water partition coefficient (Wildman–Crippen LogP) is 3.29. The number of alkyl halides is 3. The van der Waals surface area contributed by atoms with Gasteiger partial charge in [0.05, 0.1) is 24.3 Å². The van der Waals surface area contributed by atoms with Gasteiger partial charge in [0.2, 0.25) is 0 Å². The molecule has 12 heteroatoms. The Kier molecular flexibility index (Phi) is 7.74. The number of hydrogen-bond donors (Lipinski definition) is 0. The van der Waals surface area contributed by atoms with Crippen molar-refractivity contribution in [1.82, 2.24) is 4.90 Å². The monoisotopic (exact) mass is 494 g/mol. The second-order valence-electron chi connectivity index (χ2n) is 8.83. The standard InChI is InChI=1S/C21H29F3N2O6S/c1-13-14(2)16(18(27)25-7-9-31-10-8-25)11-17(15(13)3)26(33(29,30)21(22,23)24)12-32-19(28)20(4,5)6/h11H,7-10,12H2,1-6H3. The van der Waals surface area contributed by atoms with E-state index in [9.17, 15) is 31.2 Å². The third-order valence-electron chi connectivity index (χ3n) is 5.50. The lowest BCUT2D eigenvalue weighted by Crippen LogP contribution is -2.44. The Morgan fingerprint density at radius 3 is 2.09 bits per heavy atom. The van der Waals surface area contributed by atoms with Crippen LogP contribution in [0.3, 0.4) is 0 Å². The molecule has 1 aliphatic rings. The van der Waals surface area contributed by atoms with Gasteiger partial charge in [-0.3, -0.25) is 9.59 Å². The average Bonchev–Trinajstić information content (AvgIpc) is 2.72. The van der Waals surface area contributed by atoms with Crippen LogP contribution in [-0.2, 0) is 24.3 Å². The van der Waals surface area contributed by atoms with Crippen LogP contribution in [0.1, 0.15) is 47.8 Å². The quantitative estimate of drug-likeness (QED) is 0.461. The molecule has 0 aromatic heterocycles. The van der Waals surface area contributed by atoms with Crippen LogP contribution in [-0.4, -0.2) is 63.7 Å². The van der Waals surface area contributed by atoms with Crippen LogP contribution < -0.4 is 4.31 Å². The van der Waals surface area contributed by atoms with Gasteiger partial charge in [-0.1, -0.05) is 0 Å². The van der Waals surface area contributed by atoms with E-state index >= 15 is 0 Å². The smallest absolute Gasteiger partial charge is 0.443 e. The second-order valence-corrected chi connectivity index (χ2v) is 10.7. The summed E-state index contributed by atoms with van der Waals surface area (Å²) in [5.74, 6) is -1.33. The number of rotatable bonds is 5. The lowest BCUT2D eigenvalue weighted by atomic mass is 9.96. The number of morpholine rings is 1. The Morgan fingerprint density at radius 1 is 1.06 bits per heavy atom. The normalized spacial score (nSPS) is 15.4. The van der Waals surface area contributed by atoms with Gasteiger partial charge in [0.25, 0.3) is 5.91 Å². The lowest BCUT2D eigenvalue weighted by molar-refractivity contribution is -0.152. The van der Waals surface area contributed by atoms with Crippen molar-refractivity contribution in [3.05, 3.63) is 28.3 Å². The summed E-state index contributed by atoms with van der Waals surface area (Å²) in [6.07, 6.45) is 0. The van der Waals surface area contributed by atoms with Crippen LogP contribution in [0.2, 0.25) is 0 Å². The third-order valence-corrected chi connectivity index (χ3v) is 6.97. The van der Waals surface area contributed by atoms with E-state index < -0.39 is 39.6 Å². The van der Waals surface area contributed by atoms with Crippen molar-refractivity contribution < 1.29 is 40.7 Å². The molecule has 0 N–H and O–H groups in total. The number of nitrogens with zero attached hydrogens (tertiary/aromatic N) is 2. The van der Waals surface area contributed by atoms with Gasteiger partial charge in [-0.2, -0.15) is 21.6 Å². The number of ether oxygens (including phenoxy) is 2. The zero-order valence-corrected chi connectivity index (χ0v) is 20.3. The topological polar surface area (TPSA) is 93.2 Å². The predicted molar refractivity (Wildman–Crippen MR) is 115 cm³/mol. The largest absolute Gasteiger partial charge is 0.516 e. The maximum Gasteiger partial charge on any atom is 0.516 e. The maximum absolute atomic E-state index is 13.5. The van der Waals surface area contributed by atoms with E-state index in [1.165, 1.54) is 32.6 Å². The summed E-state index contributed by atoms with van der Waals surface area (Å²) in [6.45, 7) is 9.18. The van der Waals surface area contributed by atoms with E-state index in [1.807, 2.05) is 0 Å². The summed E-state index contributed by atoms with van der Waals surface area (Å²) >= 11 is 0. The van der Waals surface area contributed by atoms with Gasteiger partial charge in [0, 0.05) is 18.7 Å². The Hall–Kier alpha value is -2.34. The molecule has 0 radical (unpaired) electrons. The molecule has 1 aromatic carbocycles. The lowest BCUT2D eigenvalue weighted by Gasteiger charge is -2.31. The van der Waals surface area contributed by atoms with Gasteiger partial charge in [-0.15, -0.1) is 0 Å². The maximum atomic E-state index is 13.5.